The molecule has 3 saturated heterocycles. The highest BCUT2D eigenvalue weighted by atomic mass is 32.2. The van der Waals surface area contributed by atoms with E-state index in [2.05, 4.69) is 15.5 Å². The quantitative estimate of drug-likeness (QED) is 0.0966. The number of β-lactam (4-membered cyclic amide) rings is 1. The second-order valence-electron chi connectivity index (χ2n) is 8.02. The molecule has 2 amide bonds. The number of fused-ring (bicyclic) bond motifs is 3. The standard InChI is InChI=1S/C18H21N5O10S2/c1-6-8-5-35(31)14-11(13(27)23(14)18(8,16(29)30)32-15(6)28)21-12(26)10(9-4-34-17(19)20-9)22-33-7(2-24)3-25/h4,6-8,11,14,24-25H,2-3,5H2,1H3,(H2,19,20)(H,21,26)(H,29,30)/b22-10-. The van der Waals surface area contributed by atoms with Gasteiger partial charge in [0.25, 0.3) is 17.5 Å². The first-order valence-corrected chi connectivity index (χ1v) is 12.5. The zero-order chi connectivity index (χ0) is 25.7. The fraction of sp³-hybridized carbons (Fsp3) is 0.556. The molecular weight excluding hydrogens is 510 g/mol. The van der Waals surface area contributed by atoms with Gasteiger partial charge >= 0.3 is 11.9 Å². The van der Waals surface area contributed by atoms with Crippen molar-refractivity contribution in [3.8, 4) is 0 Å². The van der Waals surface area contributed by atoms with E-state index in [9.17, 15) is 28.5 Å². The molecule has 4 rings (SSSR count). The zero-order valence-electron chi connectivity index (χ0n) is 18.0. The number of amides is 2. The zero-order valence-corrected chi connectivity index (χ0v) is 19.7. The molecular formula is C18H21N5O10S2. The molecule has 6 N–H and O–H groups in total. The van der Waals surface area contributed by atoms with Gasteiger partial charge in [-0.3, -0.25) is 23.5 Å². The van der Waals surface area contributed by atoms with Crippen LogP contribution in [-0.4, -0.2) is 101 Å². The summed E-state index contributed by atoms with van der Waals surface area (Å²) in [6.45, 7) is 0.217. The molecule has 17 heteroatoms. The Balaban J connectivity index is 1.61. The molecule has 6 atom stereocenters. The van der Waals surface area contributed by atoms with Gasteiger partial charge < -0.3 is 35.9 Å². The van der Waals surface area contributed by atoms with E-state index in [1.54, 1.807) is 0 Å². The Kier molecular flexibility index (Phi) is 6.52. The molecule has 15 nitrogen and oxygen atoms in total. The summed E-state index contributed by atoms with van der Waals surface area (Å²) < 4.78 is 18.1. The van der Waals surface area contributed by atoms with Gasteiger partial charge in [0.15, 0.2) is 16.9 Å². The first-order chi connectivity index (χ1) is 16.6. The summed E-state index contributed by atoms with van der Waals surface area (Å²) in [5, 5.41) is 34.4. The van der Waals surface area contributed by atoms with E-state index in [1.165, 1.54) is 12.3 Å². The Bertz CT molecular complexity index is 1140. The highest BCUT2D eigenvalue weighted by Crippen LogP contribution is 2.49. The number of carbonyl (C=O) groups is 4. The molecule has 0 aromatic carbocycles. The number of nitrogens with two attached hydrogens (primary N) is 1. The summed E-state index contributed by atoms with van der Waals surface area (Å²) in [5.74, 6) is -6.47. The number of ether oxygens (including phenoxy) is 1. The molecule has 3 aliphatic rings. The van der Waals surface area contributed by atoms with Crippen LogP contribution in [0.15, 0.2) is 10.5 Å². The average molecular weight is 532 g/mol. The number of carboxylic acid groups (broad SMARTS) is 1. The highest BCUT2D eigenvalue weighted by molar-refractivity contribution is 7.85. The fourth-order valence-electron chi connectivity index (χ4n) is 4.17. The van der Waals surface area contributed by atoms with E-state index in [1.807, 2.05) is 0 Å². The van der Waals surface area contributed by atoms with Crippen molar-refractivity contribution in [1.82, 2.24) is 15.2 Å². The van der Waals surface area contributed by atoms with Crippen molar-refractivity contribution in [2.24, 2.45) is 17.0 Å². The maximum atomic E-state index is 13.0. The van der Waals surface area contributed by atoms with Gasteiger partial charge in [-0.15, -0.1) is 11.3 Å². The molecule has 35 heavy (non-hydrogen) atoms. The van der Waals surface area contributed by atoms with Crippen LogP contribution < -0.4 is 11.1 Å². The number of nitrogens with one attached hydrogen (secondary N) is 1. The summed E-state index contributed by atoms with van der Waals surface area (Å²) in [6.07, 6.45) is -1.15. The number of carboxylic acids is 1. The molecule has 0 radical (unpaired) electrons. The molecule has 3 aliphatic heterocycles. The van der Waals surface area contributed by atoms with Gasteiger partial charge in [-0.2, -0.15) is 0 Å². The van der Waals surface area contributed by atoms with E-state index >= 15 is 0 Å². The van der Waals surface area contributed by atoms with Crippen LogP contribution in [0.3, 0.4) is 0 Å². The molecule has 4 heterocycles. The fourth-order valence-corrected chi connectivity index (χ4v) is 6.77. The summed E-state index contributed by atoms with van der Waals surface area (Å²) in [5.41, 5.74) is 2.81. The number of nitrogen functional groups attached to an aromatic ring is 1. The van der Waals surface area contributed by atoms with Crippen molar-refractivity contribution in [2.75, 3.05) is 24.7 Å². The van der Waals surface area contributed by atoms with Gasteiger partial charge in [0, 0.05) is 21.9 Å². The van der Waals surface area contributed by atoms with Crippen LogP contribution in [-0.2, 0) is 39.6 Å². The Morgan fingerprint density at radius 1 is 1.46 bits per heavy atom. The molecule has 190 valence electrons. The Morgan fingerprint density at radius 2 is 2.14 bits per heavy atom. The summed E-state index contributed by atoms with van der Waals surface area (Å²) in [6, 6.07) is -1.41. The summed E-state index contributed by atoms with van der Waals surface area (Å²) in [7, 11) is -1.83. The number of aliphatic carboxylic acids is 1. The minimum absolute atomic E-state index is 0.0337. The lowest BCUT2D eigenvalue weighted by Gasteiger charge is -2.56. The van der Waals surface area contributed by atoms with Crippen molar-refractivity contribution < 1.29 is 48.3 Å². The second-order valence-corrected chi connectivity index (χ2v) is 10.5. The minimum atomic E-state index is -2.31. The number of aromatic nitrogens is 1. The van der Waals surface area contributed by atoms with Gasteiger partial charge in [0.1, 0.15) is 17.1 Å². The number of aliphatic hydroxyl groups is 2. The number of aliphatic hydroxyl groups excluding tert-OH is 2. The second kappa shape index (κ2) is 9.14. The lowest BCUT2D eigenvalue weighted by atomic mass is 9.84. The predicted octanol–water partition coefficient (Wildman–Crippen LogP) is -3.20. The number of hydrogen-bond acceptors (Lipinski definition) is 13. The van der Waals surface area contributed by atoms with Crippen LogP contribution in [0.4, 0.5) is 5.13 Å². The molecule has 0 bridgehead atoms. The molecule has 1 aromatic heterocycles. The van der Waals surface area contributed by atoms with Gasteiger partial charge in [0.2, 0.25) is 0 Å². The summed E-state index contributed by atoms with van der Waals surface area (Å²) >= 11 is 0.981. The minimum Gasteiger partial charge on any atom is -0.477 e. The molecule has 6 unspecified atom stereocenters. The van der Waals surface area contributed by atoms with E-state index in [0.29, 0.717) is 0 Å². The number of esters is 1. The summed E-state index contributed by atoms with van der Waals surface area (Å²) in [4.78, 5) is 60.0. The van der Waals surface area contributed by atoms with Crippen molar-refractivity contribution in [2.45, 2.75) is 30.2 Å². The van der Waals surface area contributed by atoms with E-state index in [-0.39, 0.29) is 16.6 Å². The largest absolute Gasteiger partial charge is 0.477 e. The highest BCUT2D eigenvalue weighted by Gasteiger charge is 2.74. The molecule has 1 aromatic rings. The number of hydrogen-bond donors (Lipinski definition) is 5. The van der Waals surface area contributed by atoms with Gasteiger partial charge in [0.05, 0.1) is 25.0 Å². The van der Waals surface area contributed by atoms with Gasteiger partial charge in [-0.25, -0.2) is 9.78 Å². The molecule has 0 aliphatic carbocycles. The van der Waals surface area contributed by atoms with Crippen LogP contribution in [0.5, 0.6) is 0 Å². The third-order valence-electron chi connectivity index (χ3n) is 6.02. The van der Waals surface area contributed by atoms with Crippen LogP contribution in [0, 0.1) is 11.8 Å². The van der Waals surface area contributed by atoms with Gasteiger partial charge in [-0.05, 0) is 0 Å². The number of carbonyl (C=O) groups excluding carboxylic acids is 3. The van der Waals surface area contributed by atoms with Crippen molar-refractivity contribution in [3.63, 3.8) is 0 Å². The Morgan fingerprint density at radius 3 is 2.71 bits per heavy atom. The predicted molar refractivity (Wildman–Crippen MR) is 117 cm³/mol. The van der Waals surface area contributed by atoms with Crippen LogP contribution in [0.2, 0.25) is 0 Å². The van der Waals surface area contributed by atoms with Crippen molar-refractivity contribution >= 4 is 56.7 Å². The van der Waals surface area contributed by atoms with E-state index in [4.69, 9.17) is 25.5 Å². The number of thiazole rings is 1. The maximum Gasteiger partial charge on any atom is 0.370 e. The number of anilines is 1. The third-order valence-corrected chi connectivity index (χ3v) is 8.40. The van der Waals surface area contributed by atoms with Crippen LogP contribution in [0.1, 0.15) is 12.6 Å². The van der Waals surface area contributed by atoms with Crippen molar-refractivity contribution in [1.29, 1.82) is 0 Å². The lowest BCUT2D eigenvalue weighted by molar-refractivity contribution is -0.216. The third kappa shape index (κ3) is 3.83. The van der Waals surface area contributed by atoms with E-state index in [0.717, 1.165) is 16.2 Å². The molecule has 3 fully saturated rings. The number of rotatable bonds is 8. The van der Waals surface area contributed by atoms with Crippen LogP contribution in [0.25, 0.3) is 0 Å². The first kappa shape index (κ1) is 25.0. The first-order valence-electron chi connectivity index (χ1n) is 10.2. The van der Waals surface area contributed by atoms with Gasteiger partial charge in [-0.1, -0.05) is 12.1 Å². The number of oxime groups is 1. The van der Waals surface area contributed by atoms with Crippen LogP contribution >= 0.6 is 11.3 Å². The number of nitrogens with zero attached hydrogens (tertiary/aromatic N) is 3. The monoisotopic (exact) mass is 531 g/mol. The average Bonchev–Trinajstić information content (AvgIpc) is 3.35. The molecule has 0 spiro atoms. The van der Waals surface area contributed by atoms with E-state index < -0.39 is 88.6 Å². The normalized spacial score (nSPS) is 31.9. The Labute approximate surface area is 203 Å². The smallest absolute Gasteiger partial charge is 0.370 e. The lowest BCUT2D eigenvalue weighted by Crippen LogP contribution is -2.83. The topological polar surface area (TPSA) is 231 Å². The Hall–Kier alpha value is -3.15. The maximum absolute atomic E-state index is 13.0. The molecule has 0 saturated carbocycles. The van der Waals surface area contributed by atoms with Crippen molar-refractivity contribution in [3.05, 3.63) is 11.1 Å². The SMILES string of the molecule is CC1C(=O)OC2(C(=O)O)C1CS(=O)C1C(NC(=O)/C(=N\OC(CO)CO)c3csc(N)n3)C(=O)N12.